The molecule has 1 aliphatic rings. The van der Waals surface area contributed by atoms with Gasteiger partial charge in [0.25, 0.3) is 5.79 Å². The topological polar surface area (TPSA) is 35.5 Å². The lowest BCUT2D eigenvalue weighted by atomic mass is 10.1. The maximum atomic E-state index is 11.7. The van der Waals surface area contributed by atoms with Crippen molar-refractivity contribution >= 4 is 5.97 Å². The summed E-state index contributed by atoms with van der Waals surface area (Å²) in [5.74, 6) is -0.756. The zero-order valence-corrected chi connectivity index (χ0v) is 9.40. The van der Waals surface area contributed by atoms with Crippen LogP contribution in [0.1, 0.15) is 30.6 Å². The van der Waals surface area contributed by atoms with Crippen molar-refractivity contribution < 1.29 is 14.3 Å². The summed E-state index contributed by atoms with van der Waals surface area (Å²) < 4.78 is 10.9. The molecule has 16 heavy (non-hydrogen) atoms. The van der Waals surface area contributed by atoms with Crippen molar-refractivity contribution in [3.8, 4) is 5.75 Å². The third kappa shape index (κ3) is 1.94. The molecule has 0 bridgehead atoms. The van der Waals surface area contributed by atoms with Gasteiger partial charge < -0.3 is 9.47 Å². The number of fused-ring (bicyclic) bond motifs is 1. The molecule has 1 aliphatic heterocycles. The third-order valence-corrected chi connectivity index (χ3v) is 2.37. The molecule has 1 aromatic carbocycles. The molecule has 1 aromatic rings. The predicted octanol–water partition coefficient (Wildman–Crippen LogP) is 2.92. The van der Waals surface area contributed by atoms with E-state index in [9.17, 15) is 4.79 Å². The van der Waals surface area contributed by atoms with Crippen molar-refractivity contribution in [1.29, 1.82) is 0 Å². The number of cyclic esters (lactones) is 1. The molecule has 0 amide bonds. The van der Waals surface area contributed by atoms with Gasteiger partial charge in [-0.1, -0.05) is 25.1 Å². The Morgan fingerprint density at radius 1 is 1.31 bits per heavy atom. The number of ether oxygens (including phenoxy) is 2. The standard InChI is InChI=1S/C13H14O3/c1-3-4-9-13(2)15-11-8-6-5-7-10(11)12(14)16-13/h4-9H,3H2,1-2H3/b9-4+. The normalized spacial score (nSPS) is 23.8. The lowest BCUT2D eigenvalue weighted by Gasteiger charge is -2.32. The summed E-state index contributed by atoms with van der Waals surface area (Å²) >= 11 is 0. The summed E-state index contributed by atoms with van der Waals surface area (Å²) in [4.78, 5) is 11.7. The molecule has 0 N–H and O–H groups in total. The van der Waals surface area contributed by atoms with Gasteiger partial charge in [-0.15, -0.1) is 0 Å². The Morgan fingerprint density at radius 2 is 2.06 bits per heavy atom. The van der Waals surface area contributed by atoms with Gasteiger partial charge in [0.05, 0.1) is 0 Å². The second-order valence-corrected chi connectivity index (χ2v) is 3.81. The predicted molar refractivity (Wildman–Crippen MR) is 60.3 cm³/mol. The number of benzene rings is 1. The lowest BCUT2D eigenvalue weighted by Crippen LogP contribution is -2.40. The highest BCUT2D eigenvalue weighted by Gasteiger charge is 2.35. The van der Waals surface area contributed by atoms with Gasteiger partial charge in [0.1, 0.15) is 11.3 Å². The van der Waals surface area contributed by atoms with Crippen molar-refractivity contribution in [3.63, 3.8) is 0 Å². The number of hydrogen-bond acceptors (Lipinski definition) is 3. The summed E-state index contributed by atoms with van der Waals surface area (Å²) in [6.07, 6.45) is 4.56. The Balaban J connectivity index is 2.34. The number of carbonyl (C=O) groups excluding carboxylic acids is 1. The number of rotatable bonds is 2. The zero-order chi connectivity index (χ0) is 11.6. The van der Waals surface area contributed by atoms with Crippen LogP contribution in [0.5, 0.6) is 5.75 Å². The van der Waals surface area contributed by atoms with Crippen LogP contribution in [-0.4, -0.2) is 11.8 Å². The van der Waals surface area contributed by atoms with Crippen LogP contribution in [0.15, 0.2) is 36.4 Å². The highest BCUT2D eigenvalue weighted by Crippen LogP contribution is 2.31. The van der Waals surface area contributed by atoms with Crippen molar-refractivity contribution in [2.75, 3.05) is 0 Å². The van der Waals surface area contributed by atoms with Crippen molar-refractivity contribution in [2.45, 2.75) is 26.1 Å². The minimum Gasteiger partial charge on any atom is -0.448 e. The molecule has 3 heteroatoms. The molecule has 2 rings (SSSR count). The smallest absolute Gasteiger partial charge is 0.345 e. The van der Waals surface area contributed by atoms with Gasteiger partial charge in [0.2, 0.25) is 0 Å². The summed E-state index contributed by atoms with van der Waals surface area (Å²) in [5, 5.41) is 0. The first-order valence-corrected chi connectivity index (χ1v) is 5.34. The molecule has 0 radical (unpaired) electrons. The maximum Gasteiger partial charge on any atom is 0.345 e. The van der Waals surface area contributed by atoms with E-state index in [1.165, 1.54) is 0 Å². The monoisotopic (exact) mass is 218 g/mol. The van der Waals surface area contributed by atoms with Crippen LogP contribution >= 0.6 is 0 Å². The summed E-state index contributed by atoms with van der Waals surface area (Å²) in [6.45, 7) is 3.74. The fraction of sp³-hybridized carbons (Fsp3) is 0.308. The molecular formula is C13H14O3. The molecule has 0 fully saturated rings. The molecule has 1 heterocycles. The summed E-state index contributed by atoms with van der Waals surface area (Å²) in [5.41, 5.74) is 0.477. The summed E-state index contributed by atoms with van der Waals surface area (Å²) in [7, 11) is 0. The average Bonchev–Trinajstić information content (AvgIpc) is 2.26. The van der Waals surface area contributed by atoms with E-state index in [-0.39, 0.29) is 5.97 Å². The summed E-state index contributed by atoms with van der Waals surface area (Å²) in [6, 6.07) is 7.09. The van der Waals surface area contributed by atoms with E-state index in [4.69, 9.17) is 9.47 Å². The Hall–Kier alpha value is -1.77. The van der Waals surface area contributed by atoms with Gasteiger partial charge in [-0.05, 0) is 24.6 Å². The third-order valence-electron chi connectivity index (χ3n) is 2.37. The Bertz CT molecular complexity index is 437. The number of esters is 1. The first-order valence-electron chi connectivity index (χ1n) is 5.34. The van der Waals surface area contributed by atoms with E-state index in [0.29, 0.717) is 11.3 Å². The molecule has 1 unspecified atom stereocenters. The average molecular weight is 218 g/mol. The molecule has 0 saturated heterocycles. The number of allylic oxidation sites excluding steroid dienone is 1. The zero-order valence-electron chi connectivity index (χ0n) is 9.40. The van der Waals surface area contributed by atoms with Crippen molar-refractivity contribution in [1.82, 2.24) is 0 Å². The highest BCUT2D eigenvalue weighted by molar-refractivity contribution is 5.93. The van der Waals surface area contributed by atoms with Gasteiger partial charge in [0.15, 0.2) is 0 Å². The van der Waals surface area contributed by atoms with Gasteiger partial charge >= 0.3 is 5.97 Å². The fourth-order valence-electron chi connectivity index (χ4n) is 1.60. The van der Waals surface area contributed by atoms with Gasteiger partial charge in [-0.3, -0.25) is 0 Å². The first-order chi connectivity index (χ1) is 7.64. The molecule has 0 aliphatic carbocycles. The van der Waals surface area contributed by atoms with E-state index in [2.05, 4.69) is 0 Å². The van der Waals surface area contributed by atoms with Crippen molar-refractivity contribution in [2.24, 2.45) is 0 Å². The van der Waals surface area contributed by atoms with Gasteiger partial charge in [-0.2, -0.15) is 0 Å². The van der Waals surface area contributed by atoms with Crippen LogP contribution in [-0.2, 0) is 4.74 Å². The first kappa shape index (κ1) is 10.7. The molecular weight excluding hydrogens is 204 g/mol. The molecule has 3 nitrogen and oxygen atoms in total. The maximum absolute atomic E-state index is 11.7. The van der Waals surface area contributed by atoms with Crippen LogP contribution < -0.4 is 4.74 Å². The lowest BCUT2D eigenvalue weighted by molar-refractivity contribution is -0.106. The largest absolute Gasteiger partial charge is 0.448 e. The van der Waals surface area contributed by atoms with Crippen molar-refractivity contribution in [3.05, 3.63) is 42.0 Å². The van der Waals surface area contributed by atoms with Crippen LogP contribution in [0.2, 0.25) is 0 Å². The molecule has 0 aromatic heterocycles. The number of para-hydroxylation sites is 1. The molecule has 1 atom stereocenters. The Labute approximate surface area is 94.7 Å². The van der Waals surface area contributed by atoms with Crippen LogP contribution in [0, 0.1) is 0 Å². The minimum atomic E-state index is -0.985. The second kappa shape index (κ2) is 4.00. The van der Waals surface area contributed by atoms with E-state index < -0.39 is 5.79 Å². The quantitative estimate of drug-likeness (QED) is 0.565. The van der Waals surface area contributed by atoms with Crippen LogP contribution in [0.3, 0.4) is 0 Å². The second-order valence-electron chi connectivity index (χ2n) is 3.81. The highest BCUT2D eigenvalue weighted by atomic mass is 16.7. The van der Waals surface area contributed by atoms with E-state index in [0.717, 1.165) is 6.42 Å². The van der Waals surface area contributed by atoms with Crippen LogP contribution in [0.4, 0.5) is 0 Å². The van der Waals surface area contributed by atoms with E-state index in [1.54, 1.807) is 31.2 Å². The number of hydrogen-bond donors (Lipinski definition) is 0. The van der Waals surface area contributed by atoms with Gasteiger partial charge in [0, 0.05) is 6.92 Å². The SMILES string of the molecule is CC/C=C/C1(C)OC(=O)c2ccccc2O1. The Kier molecular flexibility index (Phi) is 2.69. The Morgan fingerprint density at radius 3 is 2.81 bits per heavy atom. The minimum absolute atomic E-state index is 0.342. The van der Waals surface area contributed by atoms with Crippen LogP contribution in [0.25, 0.3) is 0 Å². The molecule has 0 saturated carbocycles. The molecule has 84 valence electrons. The molecule has 0 spiro atoms. The fourth-order valence-corrected chi connectivity index (χ4v) is 1.60. The van der Waals surface area contributed by atoms with E-state index in [1.807, 2.05) is 19.1 Å². The van der Waals surface area contributed by atoms with Gasteiger partial charge in [-0.25, -0.2) is 4.79 Å². The van der Waals surface area contributed by atoms with E-state index >= 15 is 0 Å². The number of carbonyl (C=O) groups is 1.